The van der Waals surface area contributed by atoms with Gasteiger partial charge in [0.25, 0.3) is 0 Å². The molecule has 0 heterocycles. The summed E-state index contributed by atoms with van der Waals surface area (Å²) >= 11 is 0. The van der Waals surface area contributed by atoms with E-state index in [1.165, 1.54) is 12.1 Å². The van der Waals surface area contributed by atoms with Crippen molar-refractivity contribution in [1.29, 1.82) is 0 Å². The van der Waals surface area contributed by atoms with Crippen molar-refractivity contribution in [2.45, 2.75) is 50.0 Å². The quantitative estimate of drug-likeness (QED) is 0.727. The molecule has 1 aliphatic carbocycles. The number of hydrogen-bond acceptors (Lipinski definition) is 4. The Morgan fingerprint density at radius 1 is 1.23 bits per heavy atom. The van der Waals surface area contributed by atoms with Crippen LogP contribution in [-0.4, -0.2) is 38.9 Å². The summed E-state index contributed by atoms with van der Waals surface area (Å²) in [5.74, 6) is -0.720. The summed E-state index contributed by atoms with van der Waals surface area (Å²) < 4.78 is 35.7. The van der Waals surface area contributed by atoms with Gasteiger partial charge < -0.3 is 11.1 Å². The van der Waals surface area contributed by atoms with Crippen LogP contribution >= 0.6 is 12.4 Å². The Morgan fingerprint density at radius 3 is 2.35 bits per heavy atom. The topological polar surface area (TPSA) is 89.3 Å². The largest absolute Gasteiger partial charge is 0.354 e. The van der Waals surface area contributed by atoms with Crippen molar-refractivity contribution in [2.24, 2.45) is 5.73 Å². The maximum absolute atomic E-state index is 13.2. The van der Waals surface area contributed by atoms with Crippen LogP contribution in [0.5, 0.6) is 0 Å². The lowest BCUT2D eigenvalue weighted by molar-refractivity contribution is -0.122. The van der Waals surface area contributed by atoms with E-state index in [0.29, 0.717) is 6.54 Å². The number of carbonyl (C=O) groups is 1. The molecule has 0 saturated heterocycles. The van der Waals surface area contributed by atoms with Crippen LogP contribution in [0.4, 0.5) is 4.39 Å². The van der Waals surface area contributed by atoms with Crippen molar-refractivity contribution in [1.82, 2.24) is 5.32 Å². The van der Waals surface area contributed by atoms with Crippen LogP contribution in [0.3, 0.4) is 0 Å². The van der Waals surface area contributed by atoms with Gasteiger partial charge in [-0.15, -0.1) is 12.4 Å². The zero-order valence-corrected chi connectivity index (χ0v) is 16.7. The Hall–Kier alpha value is -1.18. The fraction of sp³-hybridized carbons (Fsp3) is 0.611. The van der Waals surface area contributed by atoms with Gasteiger partial charge in [-0.1, -0.05) is 31.4 Å². The Bertz CT molecular complexity index is 689. The molecular weight excluding hydrogens is 379 g/mol. The molecule has 2 rings (SSSR count). The lowest BCUT2D eigenvalue weighted by Crippen LogP contribution is -2.48. The van der Waals surface area contributed by atoms with Crippen LogP contribution < -0.4 is 11.1 Å². The highest BCUT2D eigenvalue weighted by Gasteiger charge is 2.34. The van der Waals surface area contributed by atoms with Gasteiger partial charge in [-0.05, 0) is 37.0 Å². The molecular formula is C18H28ClFN2O3S. The molecule has 1 unspecified atom stereocenters. The van der Waals surface area contributed by atoms with Gasteiger partial charge in [0, 0.05) is 18.2 Å². The molecule has 1 aromatic carbocycles. The van der Waals surface area contributed by atoms with Crippen molar-refractivity contribution >= 4 is 28.2 Å². The van der Waals surface area contributed by atoms with Crippen LogP contribution in [0.1, 0.15) is 44.1 Å². The minimum Gasteiger partial charge on any atom is -0.354 e. The van der Waals surface area contributed by atoms with Crippen molar-refractivity contribution in [3.05, 3.63) is 35.6 Å². The maximum Gasteiger partial charge on any atom is 0.236 e. The molecule has 5 nitrogen and oxygen atoms in total. The summed E-state index contributed by atoms with van der Waals surface area (Å²) in [5, 5.41) is 2.89. The average molecular weight is 407 g/mol. The highest BCUT2D eigenvalue weighted by Crippen LogP contribution is 2.39. The van der Waals surface area contributed by atoms with Gasteiger partial charge >= 0.3 is 0 Å². The number of benzene rings is 1. The maximum atomic E-state index is 13.2. The lowest BCUT2D eigenvalue weighted by Gasteiger charge is -2.38. The third-order valence-electron chi connectivity index (χ3n) is 5.00. The van der Waals surface area contributed by atoms with Gasteiger partial charge in [-0.2, -0.15) is 0 Å². The monoisotopic (exact) mass is 406 g/mol. The van der Waals surface area contributed by atoms with Gasteiger partial charge in [0.15, 0.2) is 0 Å². The second-order valence-corrected chi connectivity index (χ2v) is 9.35. The van der Waals surface area contributed by atoms with E-state index in [-0.39, 0.29) is 41.7 Å². The Morgan fingerprint density at radius 2 is 1.81 bits per heavy atom. The van der Waals surface area contributed by atoms with Gasteiger partial charge in [-0.3, -0.25) is 4.79 Å². The van der Waals surface area contributed by atoms with Crippen LogP contribution in [0.15, 0.2) is 24.3 Å². The van der Waals surface area contributed by atoms with E-state index >= 15 is 0 Å². The first-order valence-corrected chi connectivity index (χ1v) is 10.7. The Balaban J connectivity index is 0.00000338. The second-order valence-electron chi connectivity index (χ2n) is 7.09. The highest BCUT2D eigenvalue weighted by atomic mass is 35.5. The van der Waals surface area contributed by atoms with E-state index in [9.17, 15) is 17.6 Å². The van der Waals surface area contributed by atoms with Gasteiger partial charge in [0.2, 0.25) is 5.91 Å². The zero-order chi connectivity index (χ0) is 18.5. The predicted molar refractivity (Wildman–Crippen MR) is 104 cm³/mol. The number of carbonyl (C=O) groups excluding carboxylic acids is 1. The molecule has 1 saturated carbocycles. The van der Waals surface area contributed by atoms with E-state index < -0.39 is 15.9 Å². The molecule has 0 bridgehead atoms. The first kappa shape index (κ1) is 22.9. The molecule has 1 fully saturated rings. The molecule has 0 aromatic heterocycles. The number of sulfone groups is 1. The summed E-state index contributed by atoms with van der Waals surface area (Å²) in [5.41, 5.74) is 6.63. The molecule has 1 aromatic rings. The number of amides is 1. The fourth-order valence-electron chi connectivity index (χ4n) is 3.46. The molecule has 0 spiro atoms. The molecule has 8 heteroatoms. The van der Waals surface area contributed by atoms with Gasteiger partial charge in [-0.25, -0.2) is 12.8 Å². The van der Waals surface area contributed by atoms with E-state index in [1.807, 2.05) is 0 Å². The third kappa shape index (κ3) is 6.52. The van der Waals surface area contributed by atoms with Gasteiger partial charge in [0.1, 0.15) is 15.7 Å². The molecule has 26 heavy (non-hydrogen) atoms. The van der Waals surface area contributed by atoms with Crippen molar-refractivity contribution in [3.63, 3.8) is 0 Å². The zero-order valence-electron chi connectivity index (χ0n) is 15.0. The van der Waals surface area contributed by atoms with E-state index in [0.717, 1.165) is 43.9 Å². The lowest BCUT2D eigenvalue weighted by atomic mass is 9.69. The summed E-state index contributed by atoms with van der Waals surface area (Å²) in [6, 6.07) is 5.63. The van der Waals surface area contributed by atoms with Crippen LogP contribution in [0.25, 0.3) is 0 Å². The average Bonchev–Trinajstić information content (AvgIpc) is 2.58. The minimum atomic E-state index is -3.14. The molecule has 3 N–H and O–H groups in total. The smallest absolute Gasteiger partial charge is 0.236 e. The molecule has 1 atom stereocenters. The normalized spacial score (nSPS) is 17.8. The summed E-state index contributed by atoms with van der Waals surface area (Å²) in [4.78, 5) is 12.2. The SMILES string of the molecule is CS(=O)(=O)CCC(N)C(=O)NCC1(c2ccc(F)cc2)CCCCC1.Cl. The van der Waals surface area contributed by atoms with Crippen LogP contribution in [0.2, 0.25) is 0 Å². The molecule has 0 aliphatic heterocycles. The van der Waals surface area contributed by atoms with Gasteiger partial charge in [0.05, 0.1) is 11.8 Å². The Kier molecular flexibility index (Phi) is 8.50. The summed E-state index contributed by atoms with van der Waals surface area (Å²) in [6.07, 6.45) is 6.37. The predicted octanol–water partition coefficient (Wildman–Crippen LogP) is 2.33. The summed E-state index contributed by atoms with van der Waals surface area (Å²) in [6.45, 7) is 0.435. The first-order chi connectivity index (χ1) is 11.7. The molecule has 1 aliphatic rings. The Labute approximate surface area is 161 Å². The van der Waals surface area contributed by atoms with Crippen molar-refractivity contribution in [3.8, 4) is 0 Å². The number of nitrogens with two attached hydrogens (primary N) is 1. The van der Waals surface area contributed by atoms with Crippen molar-refractivity contribution < 1.29 is 17.6 Å². The van der Waals surface area contributed by atoms with E-state index in [2.05, 4.69) is 5.32 Å². The minimum absolute atomic E-state index is 0. The number of halogens is 2. The molecule has 1 amide bonds. The molecule has 0 radical (unpaired) electrons. The number of rotatable bonds is 7. The van der Waals surface area contributed by atoms with Crippen molar-refractivity contribution in [2.75, 3.05) is 18.6 Å². The second kappa shape index (κ2) is 9.67. The fourth-order valence-corrected chi connectivity index (χ4v) is 4.14. The molecule has 148 valence electrons. The number of nitrogens with one attached hydrogen (secondary N) is 1. The standard InChI is InChI=1S/C18H27FN2O3S.ClH/c1-25(23,24)12-9-16(20)17(22)21-13-18(10-3-2-4-11-18)14-5-7-15(19)8-6-14;/h5-8,16H,2-4,9-13,20H2,1H3,(H,21,22);1H. The highest BCUT2D eigenvalue weighted by molar-refractivity contribution is 7.90. The third-order valence-corrected chi connectivity index (χ3v) is 5.98. The number of hydrogen-bond donors (Lipinski definition) is 2. The van der Waals surface area contributed by atoms with E-state index in [4.69, 9.17) is 5.73 Å². The summed E-state index contributed by atoms with van der Waals surface area (Å²) in [7, 11) is -3.14. The van der Waals surface area contributed by atoms with Crippen LogP contribution in [0, 0.1) is 5.82 Å². The first-order valence-electron chi connectivity index (χ1n) is 8.69. The van der Waals surface area contributed by atoms with Crippen LogP contribution in [-0.2, 0) is 20.0 Å². The van der Waals surface area contributed by atoms with E-state index in [1.54, 1.807) is 12.1 Å².